The number of nitrogens with zero attached hydrogens (tertiary/aromatic N) is 2. The molecule has 4 aromatic rings. The van der Waals surface area contributed by atoms with Crippen molar-refractivity contribution in [3.05, 3.63) is 94.5 Å². The molecule has 4 rings (SSSR count). The van der Waals surface area contributed by atoms with Gasteiger partial charge in [0.1, 0.15) is 29.8 Å². The molecule has 0 aliphatic carbocycles. The fraction of sp³-hybridized carbons (Fsp3) is 0.120. The van der Waals surface area contributed by atoms with Crippen molar-refractivity contribution in [1.29, 1.82) is 5.26 Å². The largest absolute Gasteiger partial charge is 0.492 e. The zero-order chi connectivity index (χ0) is 22.3. The lowest BCUT2D eigenvalue weighted by Crippen LogP contribution is -2.23. The molecule has 32 heavy (non-hydrogen) atoms. The minimum atomic E-state index is -0.445. The first-order chi connectivity index (χ1) is 15.6. The van der Waals surface area contributed by atoms with E-state index in [-0.39, 0.29) is 12.1 Å². The van der Waals surface area contributed by atoms with Crippen LogP contribution < -0.4 is 10.1 Å². The van der Waals surface area contributed by atoms with Crippen molar-refractivity contribution >= 4 is 38.8 Å². The third-order valence-electron chi connectivity index (χ3n) is 4.90. The van der Waals surface area contributed by atoms with E-state index in [0.717, 1.165) is 26.7 Å². The number of carbonyl (C=O) groups excluding carboxylic acids is 1. The maximum absolute atomic E-state index is 12.5. The molecule has 7 heteroatoms. The molecule has 160 valence electrons. The summed E-state index contributed by atoms with van der Waals surface area (Å²) in [5.74, 6) is 0.974. The van der Waals surface area contributed by atoms with Gasteiger partial charge in [-0.3, -0.25) is 4.79 Å². The number of rotatable bonds is 8. The SMILES string of the molecule is N#C/C(=C\c1cn(CCOc2ccc(Br)cc2)c2ccccc12)C(=O)NCc1ccco1. The first-order valence-corrected chi connectivity index (χ1v) is 10.8. The van der Waals surface area contributed by atoms with Crippen LogP contribution in [0.1, 0.15) is 11.3 Å². The van der Waals surface area contributed by atoms with E-state index < -0.39 is 5.91 Å². The third kappa shape index (κ3) is 5.10. The summed E-state index contributed by atoms with van der Waals surface area (Å²) in [5, 5.41) is 13.2. The maximum atomic E-state index is 12.5. The van der Waals surface area contributed by atoms with Gasteiger partial charge in [-0.05, 0) is 48.5 Å². The van der Waals surface area contributed by atoms with E-state index >= 15 is 0 Å². The second-order valence-electron chi connectivity index (χ2n) is 7.03. The standard InChI is InChI=1S/C25H20BrN3O3/c26-20-7-9-21(10-8-20)32-13-11-29-17-19(23-5-1-2-6-24(23)29)14-18(15-27)25(30)28-16-22-4-3-12-31-22/h1-10,12,14,17H,11,13,16H2,(H,28,30)/b18-14+. The van der Waals surface area contributed by atoms with E-state index in [1.54, 1.807) is 18.2 Å². The Morgan fingerprint density at radius 3 is 2.72 bits per heavy atom. The van der Waals surface area contributed by atoms with Crippen LogP contribution in [-0.2, 0) is 17.9 Å². The predicted molar refractivity (Wildman–Crippen MR) is 126 cm³/mol. The van der Waals surface area contributed by atoms with Crippen LogP contribution in [0, 0.1) is 11.3 Å². The van der Waals surface area contributed by atoms with Crippen LogP contribution in [0.25, 0.3) is 17.0 Å². The number of furan rings is 1. The fourth-order valence-corrected chi connectivity index (χ4v) is 3.61. The molecule has 1 N–H and O–H groups in total. The van der Waals surface area contributed by atoms with E-state index in [4.69, 9.17) is 9.15 Å². The highest BCUT2D eigenvalue weighted by molar-refractivity contribution is 9.10. The molecule has 0 saturated heterocycles. The number of fused-ring (bicyclic) bond motifs is 1. The van der Waals surface area contributed by atoms with Crippen LogP contribution in [0.3, 0.4) is 0 Å². The molecule has 6 nitrogen and oxygen atoms in total. The Hall–Kier alpha value is -3.76. The highest BCUT2D eigenvalue weighted by Gasteiger charge is 2.13. The first-order valence-electron chi connectivity index (χ1n) is 10.0. The van der Waals surface area contributed by atoms with Crippen LogP contribution >= 0.6 is 15.9 Å². The Morgan fingerprint density at radius 2 is 1.97 bits per heavy atom. The van der Waals surface area contributed by atoms with Crippen molar-refractivity contribution in [3.8, 4) is 11.8 Å². The monoisotopic (exact) mass is 489 g/mol. The van der Waals surface area contributed by atoms with E-state index in [1.165, 1.54) is 6.26 Å². The minimum absolute atomic E-state index is 0.0329. The Balaban J connectivity index is 1.51. The number of nitrogens with one attached hydrogen (secondary N) is 1. The molecule has 0 atom stereocenters. The average molecular weight is 490 g/mol. The summed E-state index contributed by atoms with van der Waals surface area (Å²) in [7, 11) is 0. The summed E-state index contributed by atoms with van der Waals surface area (Å²) in [4.78, 5) is 12.5. The average Bonchev–Trinajstić information content (AvgIpc) is 3.45. The smallest absolute Gasteiger partial charge is 0.262 e. The first kappa shape index (κ1) is 21.5. The Morgan fingerprint density at radius 1 is 1.16 bits per heavy atom. The Labute approximate surface area is 193 Å². The van der Waals surface area contributed by atoms with Gasteiger partial charge in [-0.2, -0.15) is 5.26 Å². The van der Waals surface area contributed by atoms with Gasteiger partial charge in [-0.25, -0.2) is 0 Å². The summed E-state index contributed by atoms with van der Waals surface area (Å²) >= 11 is 3.41. The molecule has 0 unspecified atom stereocenters. The molecular formula is C25H20BrN3O3. The number of halogens is 1. The van der Waals surface area contributed by atoms with Gasteiger partial charge >= 0.3 is 0 Å². The van der Waals surface area contributed by atoms with E-state index in [2.05, 4.69) is 25.8 Å². The second kappa shape index (κ2) is 10.0. The van der Waals surface area contributed by atoms with Gasteiger partial charge < -0.3 is 19.0 Å². The van der Waals surface area contributed by atoms with Crippen LogP contribution in [0.5, 0.6) is 5.75 Å². The van der Waals surface area contributed by atoms with Crippen molar-refractivity contribution in [2.45, 2.75) is 13.1 Å². The topological polar surface area (TPSA) is 80.2 Å². The Kier molecular flexibility index (Phi) is 6.73. The number of hydrogen-bond acceptors (Lipinski definition) is 4. The number of hydrogen-bond donors (Lipinski definition) is 1. The lowest BCUT2D eigenvalue weighted by atomic mass is 10.1. The molecule has 2 aromatic carbocycles. The van der Waals surface area contributed by atoms with Crippen molar-refractivity contribution in [2.24, 2.45) is 0 Å². The predicted octanol–water partition coefficient (Wildman–Crippen LogP) is 5.30. The van der Waals surface area contributed by atoms with E-state index in [1.807, 2.05) is 60.8 Å². The summed E-state index contributed by atoms with van der Waals surface area (Å²) in [6.07, 6.45) is 5.09. The molecule has 0 bridgehead atoms. The van der Waals surface area contributed by atoms with Crippen molar-refractivity contribution in [3.63, 3.8) is 0 Å². The summed E-state index contributed by atoms with van der Waals surface area (Å²) < 4.78 is 14.1. The molecule has 0 saturated carbocycles. The third-order valence-corrected chi connectivity index (χ3v) is 5.43. The van der Waals surface area contributed by atoms with Crippen LogP contribution in [0.2, 0.25) is 0 Å². The lowest BCUT2D eigenvalue weighted by molar-refractivity contribution is -0.117. The van der Waals surface area contributed by atoms with Gasteiger partial charge in [0.05, 0.1) is 19.4 Å². The molecule has 0 aliphatic heterocycles. The molecule has 0 spiro atoms. The zero-order valence-electron chi connectivity index (χ0n) is 17.1. The molecule has 0 fully saturated rings. The summed E-state index contributed by atoms with van der Waals surface area (Å²) in [5.41, 5.74) is 1.84. The molecule has 2 heterocycles. The number of aromatic nitrogens is 1. The highest BCUT2D eigenvalue weighted by atomic mass is 79.9. The van der Waals surface area contributed by atoms with Crippen molar-refractivity contribution < 1.29 is 13.9 Å². The van der Waals surface area contributed by atoms with Crippen molar-refractivity contribution in [2.75, 3.05) is 6.61 Å². The minimum Gasteiger partial charge on any atom is -0.492 e. The number of carbonyl (C=O) groups is 1. The van der Waals surface area contributed by atoms with Gasteiger partial charge in [-0.15, -0.1) is 0 Å². The molecule has 2 aromatic heterocycles. The van der Waals surface area contributed by atoms with Gasteiger partial charge in [-0.1, -0.05) is 34.1 Å². The van der Waals surface area contributed by atoms with Gasteiger partial charge in [0, 0.05) is 27.1 Å². The van der Waals surface area contributed by atoms with Crippen LogP contribution in [0.4, 0.5) is 0 Å². The molecular weight excluding hydrogens is 470 g/mol. The number of nitriles is 1. The van der Waals surface area contributed by atoms with Gasteiger partial charge in [0.2, 0.25) is 0 Å². The van der Waals surface area contributed by atoms with E-state index in [9.17, 15) is 10.1 Å². The normalized spacial score (nSPS) is 11.3. The number of para-hydroxylation sites is 1. The number of benzene rings is 2. The summed E-state index contributed by atoms with van der Waals surface area (Å²) in [6, 6.07) is 21.1. The molecule has 0 radical (unpaired) electrons. The number of amides is 1. The number of ether oxygens (including phenoxy) is 1. The second-order valence-corrected chi connectivity index (χ2v) is 7.94. The maximum Gasteiger partial charge on any atom is 0.262 e. The zero-order valence-corrected chi connectivity index (χ0v) is 18.7. The van der Waals surface area contributed by atoms with Crippen LogP contribution in [-0.4, -0.2) is 17.1 Å². The molecule has 1 amide bonds. The van der Waals surface area contributed by atoms with E-state index in [0.29, 0.717) is 18.9 Å². The van der Waals surface area contributed by atoms with Gasteiger partial charge in [0.15, 0.2) is 0 Å². The highest BCUT2D eigenvalue weighted by Crippen LogP contribution is 2.24. The Bertz CT molecular complexity index is 1280. The van der Waals surface area contributed by atoms with Crippen LogP contribution in [0.15, 0.2) is 87.6 Å². The quantitative estimate of drug-likeness (QED) is 0.269. The molecule has 0 aliphatic rings. The van der Waals surface area contributed by atoms with Crippen molar-refractivity contribution in [1.82, 2.24) is 9.88 Å². The summed E-state index contributed by atoms with van der Waals surface area (Å²) in [6.45, 7) is 1.33. The fourth-order valence-electron chi connectivity index (χ4n) is 3.35. The lowest BCUT2D eigenvalue weighted by Gasteiger charge is -2.08. The van der Waals surface area contributed by atoms with Gasteiger partial charge in [0.25, 0.3) is 5.91 Å².